The van der Waals surface area contributed by atoms with E-state index in [1.807, 2.05) is 11.8 Å². The molecule has 30 heavy (non-hydrogen) atoms. The first-order valence-electron chi connectivity index (χ1n) is 10.0. The van der Waals surface area contributed by atoms with Crippen LogP contribution in [0.5, 0.6) is 0 Å². The van der Waals surface area contributed by atoms with Crippen molar-refractivity contribution in [1.29, 1.82) is 5.26 Å². The quantitative estimate of drug-likeness (QED) is 0.651. The van der Waals surface area contributed by atoms with E-state index in [1.54, 1.807) is 22.9 Å². The molecular weight excluding hydrogens is 384 g/mol. The highest BCUT2D eigenvalue weighted by molar-refractivity contribution is 5.77. The average Bonchev–Trinajstić information content (AvgIpc) is 3.15. The predicted molar refractivity (Wildman–Crippen MR) is 112 cm³/mol. The zero-order valence-electron chi connectivity index (χ0n) is 17.1. The molecule has 1 atom stereocenters. The van der Waals surface area contributed by atoms with Crippen molar-refractivity contribution in [2.75, 3.05) is 18.0 Å². The Balaban J connectivity index is 1.91. The van der Waals surface area contributed by atoms with Gasteiger partial charge in [-0.3, -0.25) is 14.6 Å². The number of nitrogens with zero attached hydrogens (tertiary/aromatic N) is 7. The van der Waals surface area contributed by atoms with Crippen molar-refractivity contribution < 1.29 is 0 Å². The van der Waals surface area contributed by atoms with Gasteiger partial charge in [0.2, 0.25) is 5.95 Å². The minimum absolute atomic E-state index is 0.0169. The Hall–Kier alpha value is -3.45. The fourth-order valence-electron chi connectivity index (χ4n) is 4.05. The molecule has 1 aliphatic rings. The van der Waals surface area contributed by atoms with Crippen molar-refractivity contribution in [2.24, 2.45) is 12.8 Å². The Bertz CT molecular complexity index is 1260. The van der Waals surface area contributed by atoms with E-state index < -0.39 is 0 Å². The zero-order valence-corrected chi connectivity index (χ0v) is 17.1. The van der Waals surface area contributed by atoms with E-state index in [-0.39, 0.29) is 34.7 Å². The summed E-state index contributed by atoms with van der Waals surface area (Å²) in [7, 11) is 1.53. The van der Waals surface area contributed by atoms with Crippen molar-refractivity contribution in [3.8, 4) is 6.07 Å². The molecule has 0 saturated carbocycles. The summed E-state index contributed by atoms with van der Waals surface area (Å²) in [5.41, 5.74) is 6.63. The number of hydrogen-bond acceptors (Lipinski definition) is 7. The normalized spacial score (nSPS) is 16.7. The lowest BCUT2D eigenvalue weighted by atomic mass is 10.1. The molecule has 1 saturated heterocycles. The SMILES string of the molecule is CCn1c(N2CCCC(N)C2)nc2c(=O)n(C)n(Cc3ncccc3C#N)c(=O)c21. The van der Waals surface area contributed by atoms with E-state index in [4.69, 9.17) is 5.73 Å². The minimum Gasteiger partial charge on any atom is -0.341 e. The number of aromatic nitrogens is 5. The number of fused-ring (bicyclic) bond motifs is 1. The van der Waals surface area contributed by atoms with Crippen LogP contribution in [0.1, 0.15) is 31.0 Å². The second kappa shape index (κ2) is 7.76. The summed E-state index contributed by atoms with van der Waals surface area (Å²) in [5.74, 6) is 0.602. The third kappa shape index (κ3) is 3.17. The first-order valence-corrected chi connectivity index (χ1v) is 10.0. The van der Waals surface area contributed by atoms with Crippen molar-refractivity contribution in [3.05, 3.63) is 50.3 Å². The Labute approximate surface area is 172 Å². The van der Waals surface area contributed by atoms with E-state index >= 15 is 0 Å². The van der Waals surface area contributed by atoms with Gasteiger partial charge in [-0.1, -0.05) is 0 Å². The van der Waals surface area contributed by atoms with Gasteiger partial charge in [0.1, 0.15) is 11.6 Å². The second-order valence-electron chi connectivity index (χ2n) is 7.50. The summed E-state index contributed by atoms with van der Waals surface area (Å²) >= 11 is 0. The maximum Gasteiger partial charge on any atom is 0.293 e. The molecule has 1 unspecified atom stereocenters. The summed E-state index contributed by atoms with van der Waals surface area (Å²) in [4.78, 5) is 37.3. The summed E-state index contributed by atoms with van der Waals surface area (Å²) in [5, 5.41) is 9.34. The molecule has 3 aromatic rings. The number of hydrogen-bond donors (Lipinski definition) is 1. The number of nitriles is 1. The van der Waals surface area contributed by atoms with Crippen LogP contribution < -0.4 is 21.8 Å². The highest BCUT2D eigenvalue weighted by Crippen LogP contribution is 2.22. The van der Waals surface area contributed by atoms with Gasteiger partial charge in [-0.2, -0.15) is 5.26 Å². The Morgan fingerprint density at radius 2 is 2.13 bits per heavy atom. The number of rotatable bonds is 4. The monoisotopic (exact) mass is 408 g/mol. The second-order valence-corrected chi connectivity index (χ2v) is 7.50. The molecule has 10 heteroatoms. The lowest BCUT2D eigenvalue weighted by Gasteiger charge is -2.31. The van der Waals surface area contributed by atoms with Gasteiger partial charge in [-0.15, -0.1) is 0 Å². The molecule has 3 aromatic heterocycles. The van der Waals surface area contributed by atoms with Crippen LogP contribution in [0.4, 0.5) is 5.95 Å². The third-order valence-corrected chi connectivity index (χ3v) is 5.61. The van der Waals surface area contributed by atoms with Crippen LogP contribution in [0.2, 0.25) is 0 Å². The molecule has 4 rings (SSSR count). The van der Waals surface area contributed by atoms with Crippen LogP contribution in [-0.4, -0.2) is 43.0 Å². The summed E-state index contributed by atoms with van der Waals surface area (Å²) in [6.07, 6.45) is 3.45. The Kier molecular flexibility index (Phi) is 5.13. The van der Waals surface area contributed by atoms with Gasteiger partial charge >= 0.3 is 0 Å². The molecule has 0 spiro atoms. The van der Waals surface area contributed by atoms with Crippen LogP contribution in [0.3, 0.4) is 0 Å². The van der Waals surface area contributed by atoms with Crippen molar-refractivity contribution in [1.82, 2.24) is 23.9 Å². The fourth-order valence-corrected chi connectivity index (χ4v) is 4.05. The van der Waals surface area contributed by atoms with Gasteiger partial charge in [0.25, 0.3) is 11.1 Å². The molecule has 0 bridgehead atoms. The van der Waals surface area contributed by atoms with Crippen LogP contribution >= 0.6 is 0 Å². The van der Waals surface area contributed by atoms with E-state index in [9.17, 15) is 14.9 Å². The van der Waals surface area contributed by atoms with Crippen LogP contribution in [0.15, 0.2) is 27.9 Å². The predicted octanol–water partition coefficient (Wildman–Crippen LogP) is 0.159. The van der Waals surface area contributed by atoms with Gasteiger partial charge in [0.15, 0.2) is 5.52 Å². The number of anilines is 1. The standard InChI is InChI=1S/C20H24N8O2/c1-3-27-17-16(24-20(27)26-9-5-7-14(22)11-26)18(29)25(2)28(19(17)30)12-15-13(10-21)6-4-8-23-15/h4,6,8,14H,3,5,7,9,11-12,22H2,1-2H3. The molecule has 1 fully saturated rings. The Morgan fingerprint density at radius 3 is 2.83 bits per heavy atom. The molecule has 2 N–H and O–H groups in total. The summed E-state index contributed by atoms with van der Waals surface area (Å²) in [6.45, 7) is 3.85. The van der Waals surface area contributed by atoms with E-state index in [0.717, 1.165) is 19.4 Å². The van der Waals surface area contributed by atoms with Crippen molar-refractivity contribution >= 4 is 17.0 Å². The van der Waals surface area contributed by atoms with Gasteiger partial charge in [0.05, 0.1) is 17.8 Å². The average molecular weight is 408 g/mol. The summed E-state index contributed by atoms with van der Waals surface area (Å²) < 4.78 is 4.35. The molecule has 10 nitrogen and oxygen atoms in total. The third-order valence-electron chi connectivity index (χ3n) is 5.61. The van der Waals surface area contributed by atoms with Gasteiger partial charge in [-0.25, -0.2) is 14.3 Å². The molecule has 0 aromatic carbocycles. The zero-order chi connectivity index (χ0) is 21.4. The highest BCUT2D eigenvalue weighted by atomic mass is 16.2. The number of imidazole rings is 1. The molecule has 0 amide bonds. The van der Waals surface area contributed by atoms with E-state index in [2.05, 4.69) is 16.0 Å². The van der Waals surface area contributed by atoms with Gasteiger partial charge in [0, 0.05) is 38.9 Å². The first kappa shape index (κ1) is 19.8. The molecule has 156 valence electrons. The Morgan fingerprint density at radius 1 is 1.33 bits per heavy atom. The summed E-state index contributed by atoms with van der Waals surface area (Å²) in [6, 6.07) is 5.42. The molecule has 0 radical (unpaired) electrons. The number of pyridine rings is 1. The first-order chi connectivity index (χ1) is 14.5. The van der Waals surface area contributed by atoms with Crippen LogP contribution in [0, 0.1) is 11.3 Å². The molecular formula is C20H24N8O2. The molecule has 0 aliphatic carbocycles. The fraction of sp³-hybridized carbons (Fsp3) is 0.450. The number of aryl methyl sites for hydroxylation is 1. The van der Waals surface area contributed by atoms with Gasteiger partial charge < -0.3 is 15.2 Å². The number of piperidine rings is 1. The molecule has 1 aliphatic heterocycles. The van der Waals surface area contributed by atoms with Gasteiger partial charge in [-0.05, 0) is 31.9 Å². The van der Waals surface area contributed by atoms with Crippen LogP contribution in [0.25, 0.3) is 11.0 Å². The minimum atomic E-state index is -0.367. The number of nitrogens with two attached hydrogens (primary N) is 1. The van der Waals surface area contributed by atoms with E-state index in [0.29, 0.717) is 30.3 Å². The lowest BCUT2D eigenvalue weighted by Crippen LogP contribution is -2.44. The lowest BCUT2D eigenvalue weighted by molar-refractivity contribution is 0.492. The van der Waals surface area contributed by atoms with Crippen LogP contribution in [-0.2, 0) is 20.1 Å². The highest BCUT2D eigenvalue weighted by Gasteiger charge is 2.26. The smallest absolute Gasteiger partial charge is 0.293 e. The maximum absolute atomic E-state index is 13.4. The topological polar surface area (TPSA) is 128 Å². The van der Waals surface area contributed by atoms with Crippen molar-refractivity contribution in [3.63, 3.8) is 0 Å². The largest absolute Gasteiger partial charge is 0.341 e. The van der Waals surface area contributed by atoms with E-state index in [1.165, 1.54) is 16.4 Å². The molecule has 4 heterocycles. The maximum atomic E-state index is 13.4. The van der Waals surface area contributed by atoms with Crippen molar-refractivity contribution in [2.45, 2.75) is 38.9 Å².